The van der Waals surface area contributed by atoms with Gasteiger partial charge in [0.15, 0.2) is 0 Å². The number of carbonyl (C=O) groups is 3. The van der Waals surface area contributed by atoms with E-state index in [1.807, 2.05) is 36.4 Å². The second-order valence-electron chi connectivity index (χ2n) is 8.20. The van der Waals surface area contributed by atoms with Gasteiger partial charge < -0.3 is 10.6 Å². The van der Waals surface area contributed by atoms with Crippen LogP contribution < -0.4 is 16.0 Å². The lowest BCUT2D eigenvalue weighted by atomic mass is 10.1. The third kappa shape index (κ3) is 5.08. The minimum absolute atomic E-state index is 0.103. The van der Waals surface area contributed by atoms with E-state index < -0.39 is 11.6 Å². The number of imide groups is 1. The molecule has 2 aliphatic heterocycles. The van der Waals surface area contributed by atoms with Gasteiger partial charge >= 0.3 is 6.03 Å². The third-order valence-corrected chi connectivity index (χ3v) is 7.01. The second-order valence-corrected chi connectivity index (χ2v) is 9.22. The molecule has 2 aromatic rings. The van der Waals surface area contributed by atoms with Gasteiger partial charge in [-0.1, -0.05) is 42.5 Å². The number of rotatable bonds is 7. The number of benzene rings is 2. The SMILES string of the molecule is C[C@]1(CSc2ccccc2C(=O)N[C@@H]2CCN(Cc3ccccc3)C2)NC(=O)NC1=O. The smallest absolute Gasteiger partial charge is 0.322 e. The van der Waals surface area contributed by atoms with E-state index in [1.165, 1.54) is 17.3 Å². The fraction of sp³-hybridized carbons (Fsp3) is 0.348. The van der Waals surface area contributed by atoms with Crippen molar-refractivity contribution in [1.29, 1.82) is 0 Å². The van der Waals surface area contributed by atoms with Crippen molar-refractivity contribution in [3.8, 4) is 0 Å². The van der Waals surface area contributed by atoms with Crippen LogP contribution in [0.15, 0.2) is 59.5 Å². The molecule has 0 spiro atoms. The van der Waals surface area contributed by atoms with Gasteiger partial charge in [0.2, 0.25) is 0 Å². The topological polar surface area (TPSA) is 90.5 Å². The zero-order valence-electron chi connectivity index (χ0n) is 17.4. The van der Waals surface area contributed by atoms with E-state index in [4.69, 9.17) is 0 Å². The summed E-state index contributed by atoms with van der Waals surface area (Å²) in [6.45, 7) is 4.33. The Morgan fingerprint density at radius 3 is 2.65 bits per heavy atom. The maximum atomic E-state index is 13.0. The number of urea groups is 1. The Morgan fingerprint density at radius 1 is 1.16 bits per heavy atom. The van der Waals surface area contributed by atoms with Crippen LogP contribution in [0.5, 0.6) is 0 Å². The van der Waals surface area contributed by atoms with E-state index in [9.17, 15) is 14.4 Å². The predicted octanol–water partition coefficient (Wildman–Crippen LogP) is 2.38. The zero-order valence-corrected chi connectivity index (χ0v) is 18.2. The quantitative estimate of drug-likeness (QED) is 0.456. The average Bonchev–Trinajstić information content (AvgIpc) is 3.30. The van der Waals surface area contributed by atoms with Crippen molar-refractivity contribution in [1.82, 2.24) is 20.9 Å². The monoisotopic (exact) mass is 438 g/mol. The number of hydrogen-bond acceptors (Lipinski definition) is 5. The molecule has 31 heavy (non-hydrogen) atoms. The Bertz CT molecular complexity index is 984. The zero-order chi connectivity index (χ0) is 21.8. The van der Waals surface area contributed by atoms with Crippen molar-refractivity contribution in [2.75, 3.05) is 18.8 Å². The van der Waals surface area contributed by atoms with Gasteiger partial charge in [-0.2, -0.15) is 0 Å². The van der Waals surface area contributed by atoms with Crippen molar-refractivity contribution < 1.29 is 14.4 Å². The van der Waals surface area contributed by atoms with Crippen LogP contribution in [0.25, 0.3) is 0 Å². The highest BCUT2D eigenvalue weighted by atomic mass is 32.2. The molecule has 2 atom stereocenters. The molecule has 162 valence electrons. The number of nitrogens with zero attached hydrogens (tertiary/aromatic N) is 1. The molecule has 2 saturated heterocycles. The normalized spacial score (nSPS) is 23.5. The highest BCUT2D eigenvalue weighted by molar-refractivity contribution is 7.99. The van der Waals surface area contributed by atoms with Crippen LogP contribution >= 0.6 is 11.8 Å². The van der Waals surface area contributed by atoms with Crippen molar-refractivity contribution >= 4 is 29.6 Å². The first-order valence-corrected chi connectivity index (χ1v) is 11.3. The van der Waals surface area contributed by atoms with E-state index in [2.05, 4.69) is 33.0 Å². The molecular weight excluding hydrogens is 412 g/mol. The maximum absolute atomic E-state index is 13.0. The van der Waals surface area contributed by atoms with Gasteiger partial charge in [-0.15, -0.1) is 11.8 Å². The predicted molar refractivity (Wildman–Crippen MR) is 120 cm³/mol. The number of carbonyl (C=O) groups excluding carboxylic acids is 3. The molecule has 0 aliphatic carbocycles. The van der Waals surface area contributed by atoms with Crippen LogP contribution in [0, 0.1) is 0 Å². The number of hydrogen-bond donors (Lipinski definition) is 3. The van der Waals surface area contributed by atoms with E-state index >= 15 is 0 Å². The van der Waals surface area contributed by atoms with Crippen LogP contribution in [0.4, 0.5) is 4.79 Å². The Labute approximate surface area is 186 Å². The molecule has 0 radical (unpaired) electrons. The van der Waals surface area contributed by atoms with Crippen LogP contribution in [-0.2, 0) is 11.3 Å². The number of thioether (sulfide) groups is 1. The Morgan fingerprint density at radius 2 is 1.90 bits per heavy atom. The molecule has 4 rings (SSSR count). The second kappa shape index (κ2) is 9.11. The molecule has 2 fully saturated rings. The average molecular weight is 439 g/mol. The first kappa shape index (κ1) is 21.4. The summed E-state index contributed by atoms with van der Waals surface area (Å²) in [5.74, 6) is -0.125. The van der Waals surface area contributed by atoms with Crippen LogP contribution in [-0.4, -0.2) is 53.2 Å². The molecule has 7 nitrogen and oxygen atoms in total. The summed E-state index contributed by atoms with van der Waals surface area (Å²) in [5, 5.41) is 8.08. The molecule has 2 aliphatic rings. The molecule has 0 saturated carbocycles. The number of likely N-dealkylation sites (tertiary alicyclic amines) is 1. The van der Waals surface area contributed by atoms with Gasteiger partial charge in [0, 0.05) is 36.3 Å². The first-order chi connectivity index (χ1) is 14.9. The van der Waals surface area contributed by atoms with Gasteiger partial charge in [0.1, 0.15) is 5.54 Å². The summed E-state index contributed by atoms with van der Waals surface area (Å²) in [4.78, 5) is 39.6. The fourth-order valence-corrected chi connectivity index (χ4v) is 5.02. The number of amides is 4. The van der Waals surface area contributed by atoms with Gasteiger partial charge in [-0.25, -0.2) is 4.79 Å². The lowest BCUT2D eigenvalue weighted by Gasteiger charge is -2.21. The molecule has 3 N–H and O–H groups in total. The molecule has 0 bridgehead atoms. The van der Waals surface area contributed by atoms with E-state index in [0.717, 1.165) is 31.0 Å². The molecule has 2 heterocycles. The van der Waals surface area contributed by atoms with Gasteiger partial charge in [0.25, 0.3) is 11.8 Å². The highest BCUT2D eigenvalue weighted by Crippen LogP contribution is 2.28. The molecular formula is C23H26N4O3S. The Hall–Kier alpha value is -2.84. The standard InChI is InChI=1S/C23H26N4O3S/c1-23(21(29)25-22(30)26-23)15-31-19-10-6-5-9-18(19)20(28)24-17-11-12-27(14-17)13-16-7-3-2-4-8-16/h2-10,17H,11-15H2,1H3,(H,24,28)(H2,25,26,29,30)/t17-,23-/m1/s1. The minimum atomic E-state index is -0.991. The van der Waals surface area contributed by atoms with Crippen molar-refractivity contribution in [3.63, 3.8) is 0 Å². The Balaban J connectivity index is 1.35. The number of nitrogens with one attached hydrogen (secondary N) is 3. The summed E-state index contributed by atoms with van der Waals surface area (Å²) >= 11 is 1.39. The maximum Gasteiger partial charge on any atom is 0.322 e. The third-order valence-electron chi connectivity index (χ3n) is 5.62. The van der Waals surface area contributed by atoms with E-state index in [1.54, 1.807) is 13.0 Å². The lowest BCUT2D eigenvalue weighted by molar-refractivity contribution is -0.122. The largest absolute Gasteiger partial charge is 0.348 e. The molecule has 4 amide bonds. The van der Waals surface area contributed by atoms with Crippen molar-refractivity contribution in [3.05, 3.63) is 65.7 Å². The Kier molecular flexibility index (Phi) is 6.29. The molecule has 0 unspecified atom stereocenters. The van der Waals surface area contributed by atoms with E-state index in [-0.39, 0.29) is 17.9 Å². The lowest BCUT2D eigenvalue weighted by Crippen LogP contribution is -2.46. The first-order valence-electron chi connectivity index (χ1n) is 10.4. The van der Waals surface area contributed by atoms with Gasteiger partial charge in [-0.05, 0) is 31.0 Å². The van der Waals surface area contributed by atoms with Crippen molar-refractivity contribution in [2.24, 2.45) is 0 Å². The molecule has 2 aromatic carbocycles. The van der Waals surface area contributed by atoms with Crippen LogP contribution in [0.2, 0.25) is 0 Å². The summed E-state index contributed by atoms with van der Waals surface area (Å²) < 4.78 is 0. The fourth-order valence-electron chi connectivity index (χ4n) is 3.88. The summed E-state index contributed by atoms with van der Waals surface area (Å²) in [6, 6.07) is 17.3. The van der Waals surface area contributed by atoms with Crippen LogP contribution in [0.1, 0.15) is 29.3 Å². The summed E-state index contributed by atoms with van der Waals surface area (Å²) in [6.07, 6.45) is 0.915. The van der Waals surface area contributed by atoms with Crippen molar-refractivity contribution in [2.45, 2.75) is 36.4 Å². The summed E-state index contributed by atoms with van der Waals surface area (Å²) in [5.41, 5.74) is 0.865. The van der Waals surface area contributed by atoms with Gasteiger partial charge in [0.05, 0.1) is 5.56 Å². The van der Waals surface area contributed by atoms with Gasteiger partial charge in [-0.3, -0.25) is 19.8 Å². The summed E-state index contributed by atoms with van der Waals surface area (Å²) in [7, 11) is 0. The van der Waals surface area contributed by atoms with Crippen LogP contribution in [0.3, 0.4) is 0 Å². The molecule has 8 heteroatoms. The molecule has 0 aromatic heterocycles. The highest BCUT2D eigenvalue weighted by Gasteiger charge is 2.42. The minimum Gasteiger partial charge on any atom is -0.348 e. The van der Waals surface area contributed by atoms with E-state index in [0.29, 0.717) is 11.3 Å².